The Balaban J connectivity index is 0.00000338. The Morgan fingerprint density at radius 2 is 1.58 bits per heavy atom. The van der Waals surface area contributed by atoms with Gasteiger partial charge in [-0.3, -0.25) is 0 Å². The minimum atomic E-state index is -1.03. The fourth-order valence-electron chi connectivity index (χ4n) is 3.69. The minimum Gasteiger partial charge on any atom is -0.544 e. The van der Waals surface area contributed by atoms with Crippen LogP contribution in [0.5, 0.6) is 0 Å². The first-order valence-electron chi connectivity index (χ1n) is 10.3. The van der Waals surface area contributed by atoms with E-state index >= 15 is 0 Å². The molecule has 1 aliphatic heterocycles. The Kier molecular flexibility index (Phi) is 13.2. The van der Waals surface area contributed by atoms with Crippen LogP contribution in [-0.4, -0.2) is 30.5 Å². The van der Waals surface area contributed by atoms with E-state index in [2.05, 4.69) is 11.8 Å². The van der Waals surface area contributed by atoms with Gasteiger partial charge in [0.25, 0.3) is 0 Å². The number of nitrogens with zero attached hydrogens (tertiary/aromatic N) is 1. The van der Waals surface area contributed by atoms with Gasteiger partial charge in [0, 0.05) is 18.0 Å². The molecular weight excluding hydrogens is 353 g/mol. The van der Waals surface area contributed by atoms with Gasteiger partial charge in [0.15, 0.2) is 0 Å². The van der Waals surface area contributed by atoms with Crippen molar-refractivity contribution in [2.24, 2.45) is 0 Å². The zero-order valence-corrected chi connectivity index (χ0v) is 19.7. The zero-order chi connectivity index (χ0) is 17.9. The maximum atomic E-state index is 11.0. The second-order valence-electron chi connectivity index (χ2n) is 7.37. The van der Waals surface area contributed by atoms with Crippen molar-refractivity contribution in [3.05, 3.63) is 21.4 Å². The summed E-state index contributed by atoms with van der Waals surface area (Å²) in [5.41, 5.74) is 1.23. The Bertz CT molecular complexity index is 493. The number of aromatic carboxylic acids is 1. The molecule has 1 aliphatic rings. The number of carbonyl (C=O) groups is 1. The van der Waals surface area contributed by atoms with Crippen LogP contribution in [0.2, 0.25) is 0 Å². The van der Waals surface area contributed by atoms with Gasteiger partial charge in [0.05, 0.1) is 10.8 Å². The van der Waals surface area contributed by atoms with E-state index in [9.17, 15) is 9.90 Å². The predicted octanol–water partition coefficient (Wildman–Crippen LogP) is 1.44. The standard InChI is InChI=1S/C21H35NO2S.Na/c1-2-3-4-5-6-7-8-9-10-11-14-22-15-12-18-17-20(21(23)24)25-19(18)13-16-22;/h17H,2-16H2,1H3,(H,23,24);/q;+1/p-1. The number of fused-ring (bicyclic) bond motifs is 1. The van der Waals surface area contributed by atoms with Gasteiger partial charge in [-0.25, -0.2) is 0 Å². The van der Waals surface area contributed by atoms with Gasteiger partial charge >= 0.3 is 29.6 Å². The van der Waals surface area contributed by atoms with E-state index in [4.69, 9.17) is 0 Å². The molecule has 1 aromatic rings. The SMILES string of the molecule is CCCCCCCCCCCCN1CCc2cc(C(=O)[O-])sc2CC1.[Na+]. The predicted molar refractivity (Wildman–Crippen MR) is 104 cm³/mol. The molecule has 2 rings (SSSR count). The molecule has 0 saturated heterocycles. The summed E-state index contributed by atoms with van der Waals surface area (Å²) in [5, 5.41) is 11.0. The summed E-state index contributed by atoms with van der Waals surface area (Å²) < 4.78 is 0. The van der Waals surface area contributed by atoms with Crippen LogP contribution in [0.1, 0.15) is 91.2 Å². The zero-order valence-electron chi connectivity index (χ0n) is 16.9. The second-order valence-corrected chi connectivity index (χ2v) is 8.51. The number of carboxylic acid groups (broad SMARTS) is 1. The Hall–Kier alpha value is 0.130. The third-order valence-electron chi connectivity index (χ3n) is 5.28. The van der Waals surface area contributed by atoms with Crippen molar-refractivity contribution in [1.29, 1.82) is 0 Å². The average Bonchev–Trinajstić information content (AvgIpc) is 2.93. The third-order valence-corrected chi connectivity index (χ3v) is 6.50. The molecule has 0 radical (unpaired) electrons. The number of thiophene rings is 1. The molecular formula is C21H34NNaO2S. The summed E-state index contributed by atoms with van der Waals surface area (Å²) in [7, 11) is 0. The number of carbonyl (C=O) groups excluding carboxylic acids is 1. The van der Waals surface area contributed by atoms with Gasteiger partial charge in [-0.1, -0.05) is 64.7 Å². The molecule has 0 aromatic carbocycles. The molecule has 1 aromatic heterocycles. The molecule has 2 heterocycles. The third kappa shape index (κ3) is 8.88. The molecule has 0 saturated carbocycles. The van der Waals surface area contributed by atoms with Gasteiger partial charge in [0.2, 0.25) is 0 Å². The van der Waals surface area contributed by atoms with Gasteiger partial charge in [-0.15, -0.1) is 11.3 Å². The molecule has 26 heavy (non-hydrogen) atoms. The van der Waals surface area contributed by atoms with Crippen molar-refractivity contribution < 1.29 is 39.5 Å². The number of hydrogen-bond acceptors (Lipinski definition) is 4. The van der Waals surface area contributed by atoms with Crippen LogP contribution < -0.4 is 34.7 Å². The van der Waals surface area contributed by atoms with Crippen molar-refractivity contribution in [2.75, 3.05) is 19.6 Å². The number of unbranched alkanes of at least 4 members (excludes halogenated alkanes) is 9. The first-order chi connectivity index (χ1) is 12.2. The fourth-order valence-corrected chi connectivity index (χ4v) is 4.72. The molecule has 0 atom stereocenters. The quantitative estimate of drug-likeness (QED) is 0.403. The van der Waals surface area contributed by atoms with Crippen LogP contribution in [0.25, 0.3) is 0 Å². The van der Waals surface area contributed by atoms with Crippen LogP contribution in [0, 0.1) is 0 Å². The van der Waals surface area contributed by atoms with E-state index < -0.39 is 5.97 Å². The first kappa shape index (κ1) is 24.2. The minimum absolute atomic E-state index is 0. The molecule has 0 N–H and O–H groups in total. The number of hydrogen-bond donors (Lipinski definition) is 0. The summed E-state index contributed by atoms with van der Waals surface area (Å²) in [6.45, 7) is 5.60. The van der Waals surface area contributed by atoms with Gasteiger partial charge in [-0.2, -0.15) is 0 Å². The summed E-state index contributed by atoms with van der Waals surface area (Å²) in [5.74, 6) is -1.03. The molecule has 0 amide bonds. The van der Waals surface area contributed by atoms with E-state index in [-0.39, 0.29) is 29.6 Å². The monoisotopic (exact) mass is 387 g/mol. The largest absolute Gasteiger partial charge is 1.00 e. The summed E-state index contributed by atoms with van der Waals surface area (Å²) in [6.07, 6.45) is 15.8. The number of rotatable bonds is 12. The van der Waals surface area contributed by atoms with Crippen molar-refractivity contribution in [2.45, 2.75) is 84.0 Å². The van der Waals surface area contributed by atoms with Gasteiger partial charge in [0.1, 0.15) is 0 Å². The number of carboxylic acids is 1. The molecule has 0 unspecified atom stereocenters. The molecule has 0 aliphatic carbocycles. The van der Waals surface area contributed by atoms with E-state index in [0.29, 0.717) is 4.88 Å². The molecule has 142 valence electrons. The van der Waals surface area contributed by atoms with Crippen LogP contribution in [0.15, 0.2) is 6.07 Å². The van der Waals surface area contributed by atoms with E-state index in [1.165, 1.54) is 92.5 Å². The van der Waals surface area contributed by atoms with Crippen molar-refractivity contribution in [3.8, 4) is 0 Å². The topological polar surface area (TPSA) is 43.4 Å². The van der Waals surface area contributed by atoms with E-state index in [0.717, 1.165) is 25.9 Å². The summed E-state index contributed by atoms with van der Waals surface area (Å²) in [4.78, 5) is 15.2. The van der Waals surface area contributed by atoms with Crippen LogP contribution in [-0.2, 0) is 12.8 Å². The normalized spacial score (nSPS) is 14.5. The molecule has 3 nitrogen and oxygen atoms in total. The van der Waals surface area contributed by atoms with Gasteiger partial charge < -0.3 is 14.8 Å². The average molecular weight is 388 g/mol. The Morgan fingerprint density at radius 1 is 1.00 bits per heavy atom. The maximum absolute atomic E-state index is 11.0. The second kappa shape index (κ2) is 14.2. The molecule has 5 heteroatoms. The van der Waals surface area contributed by atoms with Crippen LogP contribution in [0.3, 0.4) is 0 Å². The molecule has 0 bridgehead atoms. The Morgan fingerprint density at radius 3 is 2.19 bits per heavy atom. The fraction of sp³-hybridized carbons (Fsp3) is 0.762. The smallest absolute Gasteiger partial charge is 0.544 e. The summed E-state index contributed by atoms with van der Waals surface area (Å²) in [6, 6.07) is 1.83. The van der Waals surface area contributed by atoms with E-state index in [1.54, 1.807) is 0 Å². The van der Waals surface area contributed by atoms with Gasteiger partial charge in [-0.05, 0) is 37.4 Å². The molecule has 0 fully saturated rings. The van der Waals surface area contributed by atoms with Crippen molar-refractivity contribution in [1.82, 2.24) is 4.90 Å². The first-order valence-corrected chi connectivity index (χ1v) is 11.1. The maximum Gasteiger partial charge on any atom is 1.00 e. The van der Waals surface area contributed by atoms with E-state index in [1.807, 2.05) is 6.07 Å². The molecule has 0 spiro atoms. The van der Waals surface area contributed by atoms with Crippen LogP contribution in [0.4, 0.5) is 0 Å². The van der Waals surface area contributed by atoms with Crippen molar-refractivity contribution >= 4 is 17.3 Å². The van der Waals surface area contributed by atoms with Crippen molar-refractivity contribution in [3.63, 3.8) is 0 Å². The summed E-state index contributed by atoms with van der Waals surface area (Å²) >= 11 is 1.41. The van der Waals surface area contributed by atoms with Crippen LogP contribution >= 0.6 is 11.3 Å². The Labute approximate surface area is 185 Å².